The van der Waals surface area contributed by atoms with Crippen LogP contribution in [0.3, 0.4) is 0 Å². The van der Waals surface area contributed by atoms with E-state index in [1.165, 1.54) is 141 Å². The fourth-order valence-electron chi connectivity index (χ4n) is 7.74. The van der Waals surface area contributed by atoms with E-state index in [1.807, 2.05) is 0 Å². The molecule has 0 bridgehead atoms. The summed E-state index contributed by atoms with van der Waals surface area (Å²) in [4.78, 5) is 0.910. The number of hydrogen-bond donors (Lipinski definition) is 0. The monoisotopic (exact) mass is 893 g/mol. The molecule has 0 radical (unpaired) electrons. The van der Waals surface area contributed by atoms with E-state index in [1.54, 1.807) is 78.9 Å². The topological polar surface area (TPSA) is 61.8 Å². The third-order valence-corrected chi connectivity index (χ3v) is 16.3. The summed E-state index contributed by atoms with van der Waals surface area (Å²) in [5, 5.41) is 0. The predicted molar refractivity (Wildman–Crippen MR) is 249 cm³/mol. The summed E-state index contributed by atoms with van der Waals surface area (Å²) in [6.45, 7) is 5.55. The second kappa shape index (κ2) is 31.2. The molecule has 0 heterocycles. The molecule has 0 N–H and O–H groups in total. The van der Waals surface area contributed by atoms with E-state index >= 15 is 0 Å². The maximum Gasteiger partial charge on any atom is 0.524 e. The molecule has 0 amide bonds. The Balaban J connectivity index is 1.54. The van der Waals surface area contributed by atoms with Gasteiger partial charge in [-0.3, -0.25) is 0 Å². The van der Waals surface area contributed by atoms with Crippen LogP contribution in [0.4, 0.5) is 13.2 Å². The van der Waals surface area contributed by atoms with E-state index in [4.69, 9.17) is 13.1 Å². The fourth-order valence-corrected chi connectivity index (χ4v) is 12.5. The van der Waals surface area contributed by atoms with Gasteiger partial charge in [0.25, 0.3) is 0 Å². The van der Waals surface area contributed by atoms with Crippen LogP contribution in [0.1, 0.15) is 194 Å². The van der Waals surface area contributed by atoms with Crippen LogP contribution in [-0.4, -0.2) is 27.1 Å². The number of hydrogen-bond acceptors (Lipinski definition) is 5. The second-order valence-electron chi connectivity index (χ2n) is 16.7. The molecule has 0 unspecified atom stereocenters. The van der Waals surface area contributed by atoms with Crippen molar-refractivity contribution in [3.63, 3.8) is 0 Å². The summed E-state index contributed by atoms with van der Waals surface area (Å²) < 4.78 is 85.4. The van der Waals surface area contributed by atoms with Crippen LogP contribution in [-0.2, 0) is 13.7 Å². The lowest BCUT2D eigenvalue weighted by atomic mass is 10.0. The highest BCUT2D eigenvalue weighted by atomic mass is 32.3. The average molecular weight is 893 g/mol. The Hall–Kier alpha value is -2.69. The van der Waals surface area contributed by atoms with Crippen molar-refractivity contribution >= 4 is 20.4 Å². The Morgan fingerprint density at radius 1 is 0.393 bits per heavy atom. The lowest BCUT2D eigenvalue weighted by Crippen LogP contribution is -2.27. The molecule has 0 aliphatic rings. The molecule has 10 heteroatoms. The number of unbranched alkanes of at least 4 members (excludes halogenated alkanes) is 26. The minimum absolute atomic E-state index is 0.298. The highest BCUT2D eigenvalue weighted by Crippen LogP contribution is 2.70. The SMILES string of the molecule is CCCCCCCCCCCCCCCCOc1ccc(S(OS(=O)(=O)C(F)(F)F)(c2ccccc2)c2ccc(OCCCCCCCCCCCCCCCC)cc2)cc1. The van der Waals surface area contributed by atoms with Crippen LogP contribution in [0.25, 0.3) is 0 Å². The van der Waals surface area contributed by atoms with Crippen LogP contribution >= 0.6 is 10.3 Å². The molecule has 0 aromatic heterocycles. The van der Waals surface area contributed by atoms with Crippen molar-refractivity contribution in [2.45, 2.75) is 214 Å². The van der Waals surface area contributed by atoms with Gasteiger partial charge in [0.05, 0.1) is 13.2 Å². The lowest BCUT2D eigenvalue weighted by molar-refractivity contribution is -0.0496. The van der Waals surface area contributed by atoms with Gasteiger partial charge in [0.1, 0.15) is 11.5 Å². The van der Waals surface area contributed by atoms with Crippen molar-refractivity contribution in [2.24, 2.45) is 0 Å². The molecule has 0 saturated heterocycles. The minimum Gasteiger partial charge on any atom is -0.494 e. The first kappa shape index (κ1) is 52.7. The van der Waals surface area contributed by atoms with Crippen molar-refractivity contribution in [3.8, 4) is 11.5 Å². The van der Waals surface area contributed by atoms with E-state index in [0.717, 1.165) is 38.5 Å². The van der Waals surface area contributed by atoms with E-state index in [0.29, 0.717) is 39.4 Å². The normalized spacial score (nSPS) is 12.5. The van der Waals surface area contributed by atoms with Gasteiger partial charge in [0.15, 0.2) is 0 Å². The van der Waals surface area contributed by atoms with Gasteiger partial charge in [-0.05, 0) is 83.8 Å². The quantitative estimate of drug-likeness (QED) is 0.0426. The van der Waals surface area contributed by atoms with Gasteiger partial charge in [-0.15, -0.1) is 0 Å². The Morgan fingerprint density at radius 3 is 0.967 bits per heavy atom. The summed E-state index contributed by atoms with van der Waals surface area (Å²) in [6.07, 6.45) is 35.5. The summed E-state index contributed by atoms with van der Waals surface area (Å²) in [6, 6.07) is 21.5. The zero-order valence-electron chi connectivity index (χ0n) is 37.7. The van der Waals surface area contributed by atoms with Gasteiger partial charge >= 0.3 is 15.6 Å². The van der Waals surface area contributed by atoms with Gasteiger partial charge in [-0.25, -0.2) is 0 Å². The molecule has 0 aliphatic carbocycles. The van der Waals surface area contributed by atoms with Crippen LogP contribution in [0.5, 0.6) is 11.5 Å². The maximum absolute atomic E-state index is 14.1. The van der Waals surface area contributed by atoms with Crippen molar-refractivity contribution in [3.05, 3.63) is 78.9 Å². The lowest BCUT2D eigenvalue weighted by Gasteiger charge is -2.39. The van der Waals surface area contributed by atoms with E-state index in [-0.39, 0.29) is 0 Å². The van der Waals surface area contributed by atoms with Crippen LogP contribution in [0.15, 0.2) is 93.5 Å². The molecule has 0 fully saturated rings. The Labute approximate surface area is 371 Å². The van der Waals surface area contributed by atoms with Crippen molar-refractivity contribution < 1.29 is 34.7 Å². The summed E-state index contributed by atoms with van der Waals surface area (Å²) in [7, 11) is -9.45. The average Bonchev–Trinajstić information content (AvgIpc) is 3.26. The first-order valence-corrected chi connectivity index (χ1v) is 27.0. The summed E-state index contributed by atoms with van der Waals surface area (Å²) in [5.41, 5.74) is -5.62. The Bertz CT molecular complexity index is 1540. The highest BCUT2D eigenvalue weighted by Gasteiger charge is 2.52. The van der Waals surface area contributed by atoms with Crippen LogP contribution < -0.4 is 9.47 Å². The number of alkyl halides is 3. The van der Waals surface area contributed by atoms with Gasteiger partial charge in [0, 0.05) is 14.7 Å². The van der Waals surface area contributed by atoms with E-state index < -0.39 is 25.9 Å². The van der Waals surface area contributed by atoms with Crippen molar-refractivity contribution in [1.29, 1.82) is 0 Å². The molecule has 0 aliphatic heterocycles. The number of halogens is 3. The number of ether oxygens (including phenoxy) is 2. The molecule has 5 nitrogen and oxygen atoms in total. The Morgan fingerprint density at radius 2 is 0.672 bits per heavy atom. The van der Waals surface area contributed by atoms with E-state index in [9.17, 15) is 21.6 Å². The zero-order chi connectivity index (χ0) is 43.9. The van der Waals surface area contributed by atoms with Gasteiger partial charge < -0.3 is 9.47 Å². The van der Waals surface area contributed by atoms with Gasteiger partial charge in [-0.2, -0.15) is 25.2 Å². The molecule has 0 saturated carbocycles. The largest absolute Gasteiger partial charge is 0.524 e. The molecule has 0 spiro atoms. The standard InChI is InChI=1S/C51H79F3O5S2/c1-3-5-7-9-11-13-15-17-19-21-23-25-27-32-44-57-46-36-40-49(41-37-46)60(48-34-30-29-31-35-48,59-61(55,56)51(52,53)54)50-42-38-47(39-43-50)58-45-33-28-26-24-22-20-18-16-14-12-10-8-6-4-2/h29-31,34-43H,3-28,32-33,44-45H2,1-2H3. The molecule has 3 aromatic rings. The fraction of sp³-hybridized carbons (Fsp3) is 0.647. The second-order valence-corrected chi connectivity index (χ2v) is 21.1. The molecular formula is C51H79F3O5S2. The maximum atomic E-state index is 14.1. The molecule has 3 rings (SSSR count). The molecule has 3 aromatic carbocycles. The number of benzene rings is 3. The van der Waals surface area contributed by atoms with E-state index in [2.05, 4.69) is 13.8 Å². The highest BCUT2D eigenvalue weighted by molar-refractivity contribution is 8.33. The molecule has 61 heavy (non-hydrogen) atoms. The van der Waals surface area contributed by atoms with Crippen LogP contribution in [0, 0.1) is 0 Å². The minimum atomic E-state index is -6.02. The summed E-state index contributed by atoms with van der Waals surface area (Å²) in [5.74, 6) is 1.12. The van der Waals surface area contributed by atoms with Crippen LogP contribution in [0.2, 0.25) is 0 Å². The zero-order valence-corrected chi connectivity index (χ0v) is 39.3. The van der Waals surface area contributed by atoms with Gasteiger partial charge in [0.2, 0.25) is 0 Å². The first-order valence-electron chi connectivity index (χ1n) is 24.0. The molecular weight excluding hydrogens is 814 g/mol. The van der Waals surface area contributed by atoms with Gasteiger partial charge in [-0.1, -0.05) is 199 Å². The molecule has 0 atom stereocenters. The third kappa shape index (κ3) is 20.6. The van der Waals surface area contributed by atoms with Crippen molar-refractivity contribution in [2.75, 3.05) is 13.2 Å². The summed E-state index contributed by atoms with van der Waals surface area (Å²) >= 11 is 0. The Kier molecular flexibility index (Phi) is 26.9. The first-order chi connectivity index (χ1) is 29.6. The number of rotatable bonds is 37. The smallest absolute Gasteiger partial charge is 0.494 e. The predicted octanol–water partition coefficient (Wildman–Crippen LogP) is 17.5. The van der Waals surface area contributed by atoms with Crippen molar-refractivity contribution in [1.82, 2.24) is 0 Å². The third-order valence-electron chi connectivity index (χ3n) is 11.4. The molecule has 346 valence electrons.